The topological polar surface area (TPSA) is 99.1 Å². The molecule has 0 radical (unpaired) electrons. The van der Waals surface area contributed by atoms with Gasteiger partial charge in [-0.25, -0.2) is 9.59 Å². The number of fused-ring (bicyclic) bond motifs is 1. The first-order valence-corrected chi connectivity index (χ1v) is 8.91. The number of carbonyl (C=O) groups is 3. The number of hydrogen-bond acceptors (Lipinski definition) is 7. The molecule has 1 heterocycles. The minimum absolute atomic E-state index is 0.0142. The smallest absolute Gasteiger partial charge is 0.336 e. The Balaban J connectivity index is 2.55. The standard InChI is InChI=1S/C20H26O7/c1-10(2)18(22)27-17-15-12(4)19(23)26-14(15)9-11(3)7-6-8-13(16(17)21)20(24)25-5/h8-10,14-17,21H,4,6-7H2,1-3,5H3. The first-order valence-electron chi connectivity index (χ1n) is 8.91. The second-order valence-corrected chi connectivity index (χ2v) is 7.12. The Bertz CT molecular complexity index is 701. The van der Waals surface area contributed by atoms with E-state index in [1.807, 2.05) is 6.92 Å². The maximum atomic E-state index is 12.3. The van der Waals surface area contributed by atoms with Crippen LogP contribution < -0.4 is 0 Å². The minimum Gasteiger partial charge on any atom is -0.466 e. The lowest BCUT2D eigenvalue weighted by atomic mass is 9.83. The molecule has 1 N–H and O–H groups in total. The van der Waals surface area contributed by atoms with Crippen molar-refractivity contribution in [3.8, 4) is 0 Å². The van der Waals surface area contributed by atoms with Gasteiger partial charge < -0.3 is 19.3 Å². The Hall–Kier alpha value is -2.41. The van der Waals surface area contributed by atoms with E-state index in [0.717, 1.165) is 5.57 Å². The summed E-state index contributed by atoms with van der Waals surface area (Å²) in [7, 11) is 1.21. The summed E-state index contributed by atoms with van der Waals surface area (Å²) in [5, 5.41) is 10.9. The number of aliphatic hydroxyl groups excluding tert-OH is 1. The van der Waals surface area contributed by atoms with Crippen molar-refractivity contribution in [3.63, 3.8) is 0 Å². The van der Waals surface area contributed by atoms with Gasteiger partial charge in [0.15, 0.2) is 0 Å². The first-order chi connectivity index (χ1) is 12.7. The third-order valence-electron chi connectivity index (χ3n) is 4.74. The van der Waals surface area contributed by atoms with Gasteiger partial charge >= 0.3 is 17.9 Å². The monoisotopic (exact) mass is 378 g/mol. The van der Waals surface area contributed by atoms with Crippen LogP contribution in [0.25, 0.3) is 0 Å². The average molecular weight is 378 g/mol. The van der Waals surface area contributed by atoms with Crippen LogP contribution in [-0.2, 0) is 28.6 Å². The first kappa shape index (κ1) is 20.9. The molecule has 1 fully saturated rings. The highest BCUT2D eigenvalue weighted by molar-refractivity contribution is 5.92. The maximum absolute atomic E-state index is 12.3. The molecule has 0 amide bonds. The molecule has 0 saturated carbocycles. The molecule has 1 aliphatic carbocycles. The largest absolute Gasteiger partial charge is 0.466 e. The molecule has 7 nitrogen and oxygen atoms in total. The Morgan fingerprint density at radius 2 is 2.04 bits per heavy atom. The van der Waals surface area contributed by atoms with Gasteiger partial charge in [0.1, 0.15) is 18.3 Å². The molecule has 148 valence electrons. The van der Waals surface area contributed by atoms with E-state index >= 15 is 0 Å². The molecule has 0 bridgehead atoms. The summed E-state index contributed by atoms with van der Waals surface area (Å²) in [5.74, 6) is -3.17. The van der Waals surface area contributed by atoms with Crippen molar-refractivity contribution in [3.05, 3.63) is 35.5 Å². The van der Waals surface area contributed by atoms with Crippen LogP contribution in [0.2, 0.25) is 0 Å². The van der Waals surface area contributed by atoms with Gasteiger partial charge in [-0.3, -0.25) is 4.79 Å². The van der Waals surface area contributed by atoms with Crippen LogP contribution in [0.1, 0.15) is 33.6 Å². The molecule has 0 aromatic carbocycles. The van der Waals surface area contributed by atoms with Gasteiger partial charge in [-0.2, -0.15) is 0 Å². The molecule has 0 spiro atoms. The van der Waals surface area contributed by atoms with Crippen molar-refractivity contribution >= 4 is 17.9 Å². The lowest BCUT2D eigenvalue weighted by molar-refractivity contribution is -0.163. The predicted octanol–water partition coefficient (Wildman–Crippen LogP) is 1.85. The lowest BCUT2D eigenvalue weighted by Gasteiger charge is -2.31. The van der Waals surface area contributed by atoms with Gasteiger partial charge in [-0.1, -0.05) is 32.1 Å². The summed E-state index contributed by atoms with van der Waals surface area (Å²) in [6.07, 6.45) is 1.01. The van der Waals surface area contributed by atoms with Crippen molar-refractivity contribution < 1.29 is 33.7 Å². The minimum atomic E-state index is -1.48. The highest BCUT2D eigenvalue weighted by Crippen LogP contribution is 2.37. The predicted molar refractivity (Wildman–Crippen MR) is 96.3 cm³/mol. The number of rotatable bonds is 3. The molecule has 4 unspecified atom stereocenters. The summed E-state index contributed by atoms with van der Waals surface area (Å²) < 4.78 is 15.7. The van der Waals surface area contributed by atoms with Crippen LogP contribution >= 0.6 is 0 Å². The van der Waals surface area contributed by atoms with E-state index in [1.165, 1.54) is 7.11 Å². The van der Waals surface area contributed by atoms with E-state index < -0.39 is 48.1 Å². The number of allylic oxidation sites excluding steroid dienone is 2. The molecule has 1 saturated heterocycles. The molecule has 1 aliphatic heterocycles. The van der Waals surface area contributed by atoms with Crippen LogP contribution in [0.3, 0.4) is 0 Å². The molecular formula is C20H26O7. The number of hydrogen-bond donors (Lipinski definition) is 1. The van der Waals surface area contributed by atoms with E-state index in [0.29, 0.717) is 12.8 Å². The summed E-state index contributed by atoms with van der Waals surface area (Å²) in [6.45, 7) is 8.94. The van der Waals surface area contributed by atoms with Crippen LogP contribution in [0, 0.1) is 11.8 Å². The summed E-state index contributed by atoms with van der Waals surface area (Å²) in [4.78, 5) is 36.6. The maximum Gasteiger partial charge on any atom is 0.336 e. The number of aliphatic hydroxyl groups is 1. The van der Waals surface area contributed by atoms with Crippen LogP contribution in [0.5, 0.6) is 0 Å². The number of esters is 3. The van der Waals surface area contributed by atoms with Crippen LogP contribution in [0.4, 0.5) is 0 Å². The van der Waals surface area contributed by atoms with Gasteiger partial charge in [0.2, 0.25) is 0 Å². The van der Waals surface area contributed by atoms with Crippen LogP contribution in [0.15, 0.2) is 35.5 Å². The second kappa shape index (κ2) is 8.52. The normalized spacial score (nSPS) is 28.7. The molecule has 27 heavy (non-hydrogen) atoms. The SMILES string of the molecule is C=C1C(=O)OC2C=C(C)CCC=C(C(=O)OC)C(O)C(OC(=O)C(C)C)C12. The highest BCUT2D eigenvalue weighted by atomic mass is 16.6. The van der Waals surface area contributed by atoms with E-state index in [1.54, 1.807) is 26.0 Å². The van der Waals surface area contributed by atoms with Crippen LogP contribution in [-0.4, -0.2) is 48.4 Å². The molecule has 0 aromatic rings. The zero-order chi connectivity index (χ0) is 20.3. The van der Waals surface area contributed by atoms with Crippen molar-refractivity contribution in [2.45, 2.75) is 51.9 Å². The third-order valence-corrected chi connectivity index (χ3v) is 4.74. The van der Waals surface area contributed by atoms with Gasteiger partial charge in [0.25, 0.3) is 0 Å². The Morgan fingerprint density at radius 3 is 2.63 bits per heavy atom. The fourth-order valence-corrected chi connectivity index (χ4v) is 3.17. The third kappa shape index (κ3) is 4.47. The van der Waals surface area contributed by atoms with Gasteiger partial charge in [0, 0.05) is 5.57 Å². The van der Waals surface area contributed by atoms with Gasteiger partial charge in [-0.15, -0.1) is 0 Å². The summed E-state index contributed by atoms with van der Waals surface area (Å²) in [6, 6.07) is 0. The zero-order valence-corrected chi connectivity index (χ0v) is 16.1. The second-order valence-electron chi connectivity index (χ2n) is 7.12. The van der Waals surface area contributed by atoms with Gasteiger partial charge in [-0.05, 0) is 25.8 Å². The molecule has 2 aliphatic rings. The van der Waals surface area contributed by atoms with Crippen molar-refractivity contribution in [1.29, 1.82) is 0 Å². The molecule has 4 atom stereocenters. The van der Waals surface area contributed by atoms with E-state index in [2.05, 4.69) is 6.58 Å². The number of ether oxygens (including phenoxy) is 3. The van der Waals surface area contributed by atoms with Crippen molar-refractivity contribution in [2.75, 3.05) is 7.11 Å². The lowest BCUT2D eigenvalue weighted by Crippen LogP contribution is -2.44. The fraction of sp³-hybridized carbons (Fsp3) is 0.550. The molecule has 0 aromatic heterocycles. The Morgan fingerprint density at radius 1 is 1.37 bits per heavy atom. The summed E-state index contributed by atoms with van der Waals surface area (Å²) in [5.41, 5.74) is 1.02. The van der Waals surface area contributed by atoms with E-state index in [-0.39, 0.29) is 11.1 Å². The van der Waals surface area contributed by atoms with E-state index in [9.17, 15) is 19.5 Å². The average Bonchev–Trinajstić information content (AvgIpc) is 2.88. The number of carbonyl (C=O) groups excluding carboxylic acids is 3. The quantitative estimate of drug-likeness (QED) is 0.346. The van der Waals surface area contributed by atoms with Crippen molar-refractivity contribution in [2.24, 2.45) is 11.8 Å². The fourth-order valence-electron chi connectivity index (χ4n) is 3.17. The highest BCUT2D eigenvalue weighted by Gasteiger charge is 2.48. The van der Waals surface area contributed by atoms with Gasteiger partial charge in [0.05, 0.1) is 24.5 Å². The molecule has 7 heteroatoms. The number of methoxy groups -OCH3 is 1. The molecule has 2 rings (SSSR count). The Labute approximate surface area is 158 Å². The van der Waals surface area contributed by atoms with Crippen molar-refractivity contribution in [1.82, 2.24) is 0 Å². The Kier molecular flexibility index (Phi) is 6.59. The van der Waals surface area contributed by atoms with E-state index in [4.69, 9.17) is 14.2 Å². The summed E-state index contributed by atoms with van der Waals surface area (Å²) >= 11 is 0. The zero-order valence-electron chi connectivity index (χ0n) is 16.1. The molecular weight excluding hydrogens is 352 g/mol.